The average molecular weight is 237 g/mol. The van der Waals surface area contributed by atoms with Gasteiger partial charge in [-0.2, -0.15) is 0 Å². The van der Waals surface area contributed by atoms with Gasteiger partial charge in [0.1, 0.15) is 0 Å². The Kier molecular flexibility index (Phi) is 2.56. The molecule has 1 fully saturated rings. The van der Waals surface area contributed by atoms with Gasteiger partial charge in [-0.3, -0.25) is 0 Å². The highest BCUT2D eigenvalue weighted by Gasteiger charge is 2.36. The van der Waals surface area contributed by atoms with Crippen molar-refractivity contribution < 1.29 is 0 Å². The molecule has 3 unspecified atom stereocenters. The molecule has 1 aromatic rings. The molecular formula is C13H17ClN2. The number of anilines is 1. The Bertz CT molecular complexity index is 405. The fourth-order valence-electron chi connectivity index (χ4n) is 3.16. The van der Waals surface area contributed by atoms with E-state index in [0.29, 0.717) is 12.0 Å². The van der Waals surface area contributed by atoms with Gasteiger partial charge in [0, 0.05) is 12.1 Å². The van der Waals surface area contributed by atoms with Crippen molar-refractivity contribution in [2.24, 2.45) is 11.7 Å². The highest BCUT2D eigenvalue weighted by molar-refractivity contribution is 6.33. The number of rotatable bonds is 0. The zero-order chi connectivity index (χ0) is 11.1. The van der Waals surface area contributed by atoms with Crippen molar-refractivity contribution >= 4 is 17.3 Å². The van der Waals surface area contributed by atoms with Crippen LogP contribution in [0.15, 0.2) is 18.2 Å². The molecule has 1 heterocycles. The highest BCUT2D eigenvalue weighted by Crippen LogP contribution is 2.44. The Hall–Kier alpha value is -0.730. The van der Waals surface area contributed by atoms with Gasteiger partial charge < -0.3 is 11.1 Å². The summed E-state index contributed by atoms with van der Waals surface area (Å²) in [4.78, 5) is 0. The minimum atomic E-state index is 0.153. The van der Waals surface area contributed by atoms with Crippen molar-refractivity contribution in [2.45, 2.75) is 37.8 Å². The zero-order valence-corrected chi connectivity index (χ0v) is 10.0. The van der Waals surface area contributed by atoms with Crippen LogP contribution in [0.5, 0.6) is 0 Å². The summed E-state index contributed by atoms with van der Waals surface area (Å²) in [7, 11) is 0. The third kappa shape index (κ3) is 1.52. The minimum absolute atomic E-state index is 0.153. The SMILES string of the molecule is NC1c2cccc(Cl)c2NC2CCCCC21. The molecule has 0 amide bonds. The van der Waals surface area contributed by atoms with E-state index < -0.39 is 0 Å². The second-order valence-electron chi connectivity index (χ2n) is 4.93. The third-order valence-electron chi connectivity index (χ3n) is 4.02. The summed E-state index contributed by atoms with van der Waals surface area (Å²) in [5.74, 6) is 0.583. The quantitative estimate of drug-likeness (QED) is 0.725. The number of halogens is 1. The Morgan fingerprint density at radius 3 is 2.94 bits per heavy atom. The van der Waals surface area contributed by atoms with E-state index in [4.69, 9.17) is 17.3 Å². The standard InChI is InChI=1S/C13H17ClN2/c14-10-6-3-5-9-12(15)8-4-1-2-7-11(8)16-13(9)10/h3,5-6,8,11-12,16H,1-2,4,7,15H2. The van der Waals surface area contributed by atoms with Crippen molar-refractivity contribution in [1.82, 2.24) is 0 Å². The summed E-state index contributed by atoms with van der Waals surface area (Å²) in [6.45, 7) is 0. The van der Waals surface area contributed by atoms with Crippen molar-refractivity contribution in [3.63, 3.8) is 0 Å². The van der Waals surface area contributed by atoms with Gasteiger partial charge in [-0.05, 0) is 30.4 Å². The molecule has 0 saturated heterocycles. The third-order valence-corrected chi connectivity index (χ3v) is 4.33. The normalized spacial score (nSPS) is 32.5. The molecule has 2 nitrogen and oxygen atoms in total. The maximum atomic E-state index is 6.37. The first kappa shape index (κ1) is 10.4. The molecule has 86 valence electrons. The first-order valence-electron chi connectivity index (χ1n) is 6.08. The lowest BCUT2D eigenvalue weighted by Crippen LogP contribution is -2.43. The van der Waals surface area contributed by atoms with E-state index in [1.54, 1.807) is 0 Å². The lowest BCUT2D eigenvalue weighted by atomic mass is 9.75. The number of nitrogens with two attached hydrogens (primary N) is 1. The summed E-state index contributed by atoms with van der Waals surface area (Å²) in [5, 5.41) is 4.39. The predicted molar refractivity (Wildman–Crippen MR) is 67.7 cm³/mol. The average Bonchev–Trinajstić information content (AvgIpc) is 2.31. The molecule has 1 aliphatic carbocycles. The second-order valence-corrected chi connectivity index (χ2v) is 5.34. The number of para-hydroxylation sites is 1. The molecule has 2 aliphatic rings. The minimum Gasteiger partial charge on any atom is -0.380 e. The van der Waals surface area contributed by atoms with Crippen molar-refractivity contribution in [1.29, 1.82) is 0 Å². The number of fused-ring (bicyclic) bond motifs is 2. The first-order valence-corrected chi connectivity index (χ1v) is 6.45. The summed E-state index contributed by atoms with van der Waals surface area (Å²) in [6, 6.07) is 6.70. The first-order chi connectivity index (χ1) is 7.77. The Morgan fingerprint density at radius 2 is 2.06 bits per heavy atom. The van der Waals surface area contributed by atoms with Gasteiger partial charge in [0.15, 0.2) is 0 Å². The van der Waals surface area contributed by atoms with E-state index in [9.17, 15) is 0 Å². The molecular weight excluding hydrogens is 220 g/mol. The number of nitrogens with one attached hydrogen (secondary N) is 1. The van der Waals surface area contributed by atoms with Gasteiger partial charge >= 0.3 is 0 Å². The van der Waals surface area contributed by atoms with Crippen LogP contribution in [0.2, 0.25) is 5.02 Å². The lowest BCUT2D eigenvalue weighted by Gasteiger charge is -2.42. The van der Waals surface area contributed by atoms with Crippen LogP contribution >= 0.6 is 11.6 Å². The van der Waals surface area contributed by atoms with E-state index in [-0.39, 0.29) is 6.04 Å². The molecule has 0 aromatic heterocycles. The fourth-order valence-corrected chi connectivity index (χ4v) is 3.39. The molecule has 1 saturated carbocycles. The van der Waals surface area contributed by atoms with E-state index in [1.165, 1.54) is 31.2 Å². The lowest BCUT2D eigenvalue weighted by molar-refractivity contribution is 0.271. The van der Waals surface area contributed by atoms with Crippen LogP contribution in [0.4, 0.5) is 5.69 Å². The van der Waals surface area contributed by atoms with Crippen LogP contribution in [0.3, 0.4) is 0 Å². The summed E-state index contributed by atoms with van der Waals surface area (Å²) in [6.07, 6.45) is 5.08. The monoisotopic (exact) mass is 236 g/mol. The molecule has 0 radical (unpaired) electrons. The van der Waals surface area contributed by atoms with Gasteiger partial charge in [0.2, 0.25) is 0 Å². The molecule has 16 heavy (non-hydrogen) atoms. The van der Waals surface area contributed by atoms with Crippen LogP contribution in [0, 0.1) is 5.92 Å². The van der Waals surface area contributed by atoms with Crippen LogP contribution < -0.4 is 11.1 Å². The molecule has 3 heteroatoms. The van der Waals surface area contributed by atoms with Crippen LogP contribution in [0.25, 0.3) is 0 Å². The molecule has 1 aromatic carbocycles. The largest absolute Gasteiger partial charge is 0.380 e. The molecule has 0 spiro atoms. The number of hydrogen-bond acceptors (Lipinski definition) is 2. The van der Waals surface area contributed by atoms with Crippen LogP contribution in [-0.2, 0) is 0 Å². The Labute approximate surface area is 101 Å². The fraction of sp³-hybridized carbons (Fsp3) is 0.538. The van der Waals surface area contributed by atoms with Gasteiger partial charge in [0.25, 0.3) is 0 Å². The Morgan fingerprint density at radius 1 is 1.25 bits per heavy atom. The van der Waals surface area contributed by atoms with Crippen molar-refractivity contribution in [3.8, 4) is 0 Å². The molecule has 3 atom stereocenters. The summed E-state index contributed by atoms with van der Waals surface area (Å²) in [5.41, 5.74) is 8.63. The zero-order valence-electron chi connectivity index (χ0n) is 9.25. The predicted octanol–water partition coefficient (Wildman–Crippen LogP) is 3.32. The maximum Gasteiger partial charge on any atom is 0.0641 e. The van der Waals surface area contributed by atoms with E-state index >= 15 is 0 Å². The van der Waals surface area contributed by atoms with Crippen molar-refractivity contribution in [3.05, 3.63) is 28.8 Å². The number of benzene rings is 1. The molecule has 3 rings (SSSR count). The van der Waals surface area contributed by atoms with E-state index in [2.05, 4.69) is 11.4 Å². The molecule has 1 aliphatic heterocycles. The second kappa shape index (κ2) is 3.94. The van der Waals surface area contributed by atoms with Gasteiger partial charge in [-0.15, -0.1) is 0 Å². The number of hydrogen-bond donors (Lipinski definition) is 2. The molecule has 0 bridgehead atoms. The van der Waals surface area contributed by atoms with E-state index in [1.807, 2.05) is 12.1 Å². The van der Waals surface area contributed by atoms with Gasteiger partial charge in [0.05, 0.1) is 10.7 Å². The van der Waals surface area contributed by atoms with Gasteiger partial charge in [-0.1, -0.05) is 36.6 Å². The van der Waals surface area contributed by atoms with Gasteiger partial charge in [-0.25, -0.2) is 0 Å². The molecule has 3 N–H and O–H groups in total. The van der Waals surface area contributed by atoms with Crippen LogP contribution in [0.1, 0.15) is 37.3 Å². The Balaban J connectivity index is 2.03. The van der Waals surface area contributed by atoms with Crippen molar-refractivity contribution in [2.75, 3.05) is 5.32 Å². The summed E-state index contributed by atoms with van der Waals surface area (Å²) >= 11 is 6.22. The van der Waals surface area contributed by atoms with E-state index in [0.717, 1.165) is 10.7 Å². The highest BCUT2D eigenvalue weighted by atomic mass is 35.5. The smallest absolute Gasteiger partial charge is 0.0641 e. The maximum absolute atomic E-state index is 6.37. The van der Waals surface area contributed by atoms with Crippen LogP contribution in [-0.4, -0.2) is 6.04 Å². The summed E-state index contributed by atoms with van der Waals surface area (Å²) < 4.78 is 0. The topological polar surface area (TPSA) is 38.0 Å².